The van der Waals surface area contributed by atoms with E-state index in [4.69, 9.17) is 23.7 Å². The van der Waals surface area contributed by atoms with E-state index in [2.05, 4.69) is 27.9 Å². The van der Waals surface area contributed by atoms with Crippen LogP contribution in [0.25, 0.3) is 0 Å². The fourth-order valence-electron chi connectivity index (χ4n) is 2.27. The fraction of sp³-hybridized carbons (Fsp3) is 0.923. The van der Waals surface area contributed by atoms with Crippen molar-refractivity contribution in [2.24, 2.45) is 0 Å². The number of carbonyl (C=O) groups is 1. The average molecular weight is 417 g/mol. The van der Waals surface area contributed by atoms with Gasteiger partial charge in [0.25, 0.3) is 0 Å². The number of alkyl halides is 1. The fourth-order valence-corrected chi connectivity index (χ4v) is 2.58. The van der Waals surface area contributed by atoms with Crippen LogP contribution in [0.2, 0.25) is 0 Å². The molecule has 0 spiro atoms. The summed E-state index contributed by atoms with van der Waals surface area (Å²) in [5.74, 6) is 0. The number of methoxy groups -OCH3 is 2. The van der Waals surface area contributed by atoms with Gasteiger partial charge in [0.15, 0.2) is 0 Å². The van der Waals surface area contributed by atoms with Gasteiger partial charge in [-0.15, -0.1) is 0 Å². The Kier molecular flexibility index (Phi) is 8.79. The van der Waals surface area contributed by atoms with Gasteiger partial charge in [-0.05, 0) is 13.3 Å². The summed E-state index contributed by atoms with van der Waals surface area (Å²) in [5, 5.41) is 2.39. The number of carbonyl (C=O) groups excluding carboxylic acids is 1. The van der Waals surface area contributed by atoms with Crippen LogP contribution in [0.1, 0.15) is 13.3 Å². The summed E-state index contributed by atoms with van der Waals surface area (Å²) in [4.78, 5) is 11.4. The predicted molar refractivity (Wildman–Crippen MR) is 84.7 cm³/mol. The topological polar surface area (TPSA) is 75.3 Å². The monoisotopic (exact) mass is 417 g/mol. The molecule has 0 aromatic heterocycles. The summed E-state index contributed by atoms with van der Waals surface area (Å²) >= 11 is 2.30. The van der Waals surface area contributed by atoms with Gasteiger partial charge in [0.2, 0.25) is 6.29 Å². The summed E-state index contributed by atoms with van der Waals surface area (Å²) in [6.45, 7) is 2.45. The van der Waals surface area contributed by atoms with Crippen LogP contribution in [0.15, 0.2) is 0 Å². The Morgan fingerprint density at radius 3 is 2.43 bits per heavy atom. The van der Waals surface area contributed by atoms with Crippen molar-refractivity contribution < 1.29 is 28.5 Å². The molecular weight excluding hydrogens is 393 g/mol. The number of alkyl carbamates (subject to hydrolysis) is 1. The van der Waals surface area contributed by atoms with E-state index in [0.29, 0.717) is 6.61 Å². The van der Waals surface area contributed by atoms with Crippen LogP contribution in [-0.4, -0.2) is 69.1 Å². The molecule has 0 aliphatic carbocycles. The first-order valence-corrected chi connectivity index (χ1v) is 8.38. The van der Waals surface area contributed by atoms with Crippen molar-refractivity contribution in [1.82, 2.24) is 5.32 Å². The van der Waals surface area contributed by atoms with Crippen LogP contribution in [0.5, 0.6) is 0 Å². The van der Waals surface area contributed by atoms with Crippen molar-refractivity contribution >= 4 is 28.7 Å². The van der Waals surface area contributed by atoms with Crippen LogP contribution in [0, 0.1) is 0 Å². The lowest BCUT2D eigenvalue weighted by Gasteiger charge is -2.43. The van der Waals surface area contributed by atoms with Gasteiger partial charge in [-0.2, -0.15) is 0 Å². The lowest BCUT2D eigenvalue weighted by Crippen LogP contribution is -2.60. The van der Waals surface area contributed by atoms with E-state index in [0.717, 1.165) is 10.8 Å². The van der Waals surface area contributed by atoms with E-state index in [-0.39, 0.29) is 18.3 Å². The second-order valence-electron chi connectivity index (χ2n) is 4.64. The van der Waals surface area contributed by atoms with Crippen LogP contribution in [0.3, 0.4) is 0 Å². The maximum atomic E-state index is 11.4. The summed E-state index contributed by atoms with van der Waals surface area (Å²) in [6, 6.07) is 0. The number of ether oxygens (including phenoxy) is 5. The zero-order valence-electron chi connectivity index (χ0n) is 12.8. The minimum absolute atomic E-state index is 0.277. The summed E-state index contributed by atoms with van der Waals surface area (Å²) in [7, 11) is 4.63. The van der Waals surface area contributed by atoms with E-state index in [1.54, 1.807) is 7.11 Å². The maximum Gasteiger partial charge on any atom is 0.409 e. The summed E-state index contributed by atoms with van der Waals surface area (Å²) in [6.07, 6.45) is -1.94. The van der Waals surface area contributed by atoms with E-state index in [1.807, 2.05) is 6.92 Å². The highest BCUT2D eigenvalue weighted by Gasteiger charge is 2.47. The average Bonchev–Trinajstić information content (AvgIpc) is 2.47. The molecule has 7 nitrogen and oxygen atoms in total. The number of hydrogen-bond acceptors (Lipinski definition) is 6. The zero-order valence-corrected chi connectivity index (χ0v) is 15.0. The van der Waals surface area contributed by atoms with Crippen LogP contribution in [-0.2, 0) is 23.7 Å². The minimum Gasteiger partial charge on any atom is -0.417 e. The molecule has 1 aliphatic heterocycles. The predicted octanol–water partition coefficient (Wildman–Crippen LogP) is 1.33. The van der Waals surface area contributed by atoms with Gasteiger partial charge in [0.05, 0.1) is 6.10 Å². The highest BCUT2D eigenvalue weighted by Crippen LogP contribution is 2.28. The van der Waals surface area contributed by atoms with E-state index >= 15 is 0 Å². The second-order valence-corrected chi connectivity index (χ2v) is 5.72. The number of rotatable bonds is 7. The van der Waals surface area contributed by atoms with Gasteiger partial charge in [-0.25, -0.2) is 4.79 Å². The molecule has 8 heteroatoms. The third-order valence-corrected chi connectivity index (χ3v) is 4.05. The first-order chi connectivity index (χ1) is 10.1. The van der Waals surface area contributed by atoms with Gasteiger partial charge in [0.1, 0.15) is 18.3 Å². The van der Waals surface area contributed by atoms with Gasteiger partial charge < -0.3 is 29.0 Å². The number of halogens is 1. The van der Waals surface area contributed by atoms with Gasteiger partial charge >= 0.3 is 6.09 Å². The molecule has 124 valence electrons. The molecule has 1 amide bonds. The molecule has 0 aromatic rings. The normalized spacial score (nSPS) is 32.7. The van der Waals surface area contributed by atoms with Crippen LogP contribution >= 0.6 is 22.6 Å². The first-order valence-electron chi connectivity index (χ1n) is 6.86. The summed E-state index contributed by atoms with van der Waals surface area (Å²) < 4.78 is 28.7. The zero-order chi connectivity index (χ0) is 15.8. The van der Waals surface area contributed by atoms with Crippen molar-refractivity contribution in [3.63, 3.8) is 0 Å². The van der Waals surface area contributed by atoms with E-state index in [1.165, 1.54) is 14.2 Å². The largest absolute Gasteiger partial charge is 0.417 e. The molecule has 0 bridgehead atoms. The van der Waals surface area contributed by atoms with Crippen molar-refractivity contribution in [3.05, 3.63) is 0 Å². The molecule has 1 heterocycles. The molecular formula is C13H24INO6. The minimum atomic E-state index is -0.832. The third-order valence-electron chi connectivity index (χ3n) is 3.29. The quantitative estimate of drug-likeness (QED) is 0.383. The lowest BCUT2D eigenvalue weighted by molar-refractivity contribution is -0.293. The Bertz CT molecular complexity index is 319. The second kappa shape index (κ2) is 9.78. The number of hydrogen-bond donors (Lipinski definition) is 1. The Morgan fingerprint density at radius 1 is 1.24 bits per heavy atom. The Hall–Kier alpha value is -0.160. The molecule has 1 saturated heterocycles. The molecule has 0 unspecified atom stereocenters. The van der Waals surface area contributed by atoms with E-state index < -0.39 is 18.5 Å². The van der Waals surface area contributed by atoms with Crippen molar-refractivity contribution in [1.29, 1.82) is 0 Å². The van der Waals surface area contributed by atoms with E-state index in [9.17, 15) is 4.79 Å². The SMILES string of the molecule is CNC(=O)O[C@@H]1O[C@@H](C)[C@H](OC)[C@@H](OCCCI)[C@H]1OC. The molecule has 0 radical (unpaired) electrons. The van der Waals surface area contributed by atoms with Gasteiger partial charge in [-0.1, -0.05) is 22.6 Å². The Balaban J connectivity index is 2.81. The standard InChI is InChI=1S/C13H24INO6/c1-8-9(17-3)10(19-7-5-6-14)11(18-4)12(20-8)21-13(16)15-2/h8-12H,5-7H2,1-4H3,(H,15,16)/t8-,9-,10+,11+,12-/m0/s1. The molecule has 1 N–H and O–H groups in total. The number of nitrogens with one attached hydrogen (secondary N) is 1. The Labute approximate surface area is 139 Å². The summed E-state index contributed by atoms with van der Waals surface area (Å²) in [5.41, 5.74) is 0. The maximum absolute atomic E-state index is 11.4. The molecule has 1 rings (SSSR count). The molecule has 21 heavy (non-hydrogen) atoms. The third kappa shape index (κ3) is 5.20. The number of amides is 1. The highest BCUT2D eigenvalue weighted by molar-refractivity contribution is 14.1. The van der Waals surface area contributed by atoms with Crippen molar-refractivity contribution in [2.45, 2.75) is 44.1 Å². The van der Waals surface area contributed by atoms with Crippen molar-refractivity contribution in [2.75, 3.05) is 32.3 Å². The Morgan fingerprint density at radius 2 is 1.90 bits per heavy atom. The van der Waals surface area contributed by atoms with Crippen LogP contribution < -0.4 is 5.32 Å². The molecule has 0 aromatic carbocycles. The molecule has 0 saturated carbocycles. The lowest BCUT2D eigenvalue weighted by atomic mass is 9.99. The highest BCUT2D eigenvalue weighted by atomic mass is 127. The van der Waals surface area contributed by atoms with Gasteiger partial charge in [0, 0.05) is 32.3 Å². The first kappa shape index (κ1) is 18.9. The molecule has 1 fully saturated rings. The van der Waals surface area contributed by atoms with Crippen molar-refractivity contribution in [3.8, 4) is 0 Å². The van der Waals surface area contributed by atoms with Crippen LogP contribution in [0.4, 0.5) is 4.79 Å². The van der Waals surface area contributed by atoms with Gasteiger partial charge in [-0.3, -0.25) is 0 Å². The molecule has 5 atom stereocenters. The smallest absolute Gasteiger partial charge is 0.409 e. The molecule has 1 aliphatic rings.